The zero-order chi connectivity index (χ0) is 42.8. The molecule has 4 aromatic rings. The summed E-state index contributed by atoms with van der Waals surface area (Å²) in [6.07, 6.45) is -0.129. The molecule has 0 N–H and O–H groups in total. The Labute approximate surface area is 362 Å². The van der Waals surface area contributed by atoms with Gasteiger partial charge < -0.3 is 9.47 Å². The van der Waals surface area contributed by atoms with Gasteiger partial charge in [0.1, 0.15) is 0 Å². The van der Waals surface area contributed by atoms with Crippen molar-refractivity contribution in [3.63, 3.8) is 0 Å². The highest BCUT2D eigenvalue weighted by molar-refractivity contribution is 6.42. The molecule has 3 saturated heterocycles. The molecular formula is C42H32Cl4N4O10. The van der Waals surface area contributed by atoms with E-state index in [1.54, 1.807) is 0 Å². The molecule has 60 heavy (non-hydrogen) atoms. The second-order valence-electron chi connectivity index (χ2n) is 14.0. The molecule has 0 aliphatic carbocycles. The van der Waals surface area contributed by atoms with Crippen molar-refractivity contribution in [2.45, 2.75) is 24.9 Å². The highest BCUT2D eigenvalue weighted by Gasteiger charge is 2.47. The Morgan fingerprint density at radius 1 is 0.483 bits per heavy atom. The quantitative estimate of drug-likeness (QED) is 0.0932. The molecule has 0 radical (unpaired) electrons. The van der Waals surface area contributed by atoms with Crippen LogP contribution in [0, 0.1) is 0 Å². The van der Waals surface area contributed by atoms with Gasteiger partial charge in [0, 0.05) is 37.3 Å². The van der Waals surface area contributed by atoms with Gasteiger partial charge in [-0.25, -0.2) is 19.4 Å². The average Bonchev–Trinajstić information content (AvgIpc) is 3.72. The van der Waals surface area contributed by atoms with Crippen molar-refractivity contribution in [3.8, 4) is 0 Å². The van der Waals surface area contributed by atoms with E-state index in [1.807, 2.05) is 9.80 Å². The number of hydrogen-bond donors (Lipinski definition) is 0. The van der Waals surface area contributed by atoms with Crippen LogP contribution in [0.2, 0.25) is 20.1 Å². The van der Waals surface area contributed by atoms with Crippen LogP contribution >= 0.6 is 46.4 Å². The second kappa shape index (κ2) is 18.0. The third-order valence-corrected chi connectivity index (χ3v) is 11.8. The summed E-state index contributed by atoms with van der Waals surface area (Å²) in [4.78, 5) is 109. The standard InChI is InChI=1S/C42H32Cl4N4O10/c43-29-11-5-25(17-31(29)45)35(51)21-59-41(57)23-1-7-27(8-2-23)49-37(53)19-33(39(49)55)47-13-15-48(16-14-47)34-20-38(54)50(40(34)56)28-9-3-24(4-10-28)42(58)60-22-36(52)26-6-12-30(44)32(46)18-26/h1-12,17-18,33-34H,13-16,19-22H2. The zero-order valence-electron chi connectivity index (χ0n) is 31.3. The first-order valence-electron chi connectivity index (χ1n) is 18.4. The number of ether oxygens (including phenoxy) is 2. The predicted octanol–water partition coefficient (Wildman–Crippen LogP) is 5.96. The number of esters is 2. The number of Topliss-reactive ketones (excluding diaryl/α,β-unsaturated/α-hetero) is 2. The van der Waals surface area contributed by atoms with Crippen LogP contribution in [0.3, 0.4) is 0 Å². The molecule has 308 valence electrons. The number of imide groups is 2. The topological polar surface area (TPSA) is 168 Å². The molecule has 3 aliphatic heterocycles. The number of halogens is 4. The zero-order valence-corrected chi connectivity index (χ0v) is 34.3. The number of hydrogen-bond acceptors (Lipinski definition) is 12. The molecular weight excluding hydrogens is 862 g/mol. The van der Waals surface area contributed by atoms with E-state index >= 15 is 0 Å². The van der Waals surface area contributed by atoms with Crippen molar-refractivity contribution >= 4 is 105 Å². The fraction of sp³-hybridized carbons (Fsp3) is 0.238. The Morgan fingerprint density at radius 2 is 0.817 bits per heavy atom. The van der Waals surface area contributed by atoms with Crippen LogP contribution in [-0.2, 0) is 28.7 Å². The number of ketones is 2. The number of nitrogens with zero attached hydrogens (tertiary/aromatic N) is 4. The van der Waals surface area contributed by atoms with Crippen LogP contribution in [0.5, 0.6) is 0 Å². The van der Waals surface area contributed by atoms with Crippen LogP contribution in [0.1, 0.15) is 54.3 Å². The van der Waals surface area contributed by atoms with E-state index in [1.165, 1.54) is 84.9 Å². The first-order valence-corrected chi connectivity index (χ1v) is 19.9. The maximum absolute atomic E-state index is 13.6. The van der Waals surface area contributed by atoms with Crippen LogP contribution in [-0.4, -0.2) is 108 Å². The van der Waals surface area contributed by atoms with Gasteiger partial charge in [0.05, 0.1) is 67.5 Å². The number of rotatable bonds is 12. The number of benzene rings is 4. The molecule has 4 aromatic carbocycles. The van der Waals surface area contributed by atoms with Crippen LogP contribution in [0.25, 0.3) is 0 Å². The SMILES string of the molecule is O=C(COC(=O)c1ccc(N2C(=O)CC(N3CCN(C4CC(=O)N(c5ccc(C(=O)OCC(=O)c6ccc(Cl)c(Cl)c6)cc5)C4=O)CC3)C2=O)cc1)c1ccc(Cl)c(Cl)c1. The van der Waals surface area contributed by atoms with Gasteiger partial charge in [0.25, 0.3) is 11.8 Å². The Kier molecular flexibility index (Phi) is 12.8. The minimum Gasteiger partial charge on any atom is -0.454 e. The second-order valence-corrected chi connectivity index (χ2v) is 15.6. The molecule has 0 bridgehead atoms. The molecule has 3 heterocycles. The van der Waals surface area contributed by atoms with E-state index < -0.39 is 72.4 Å². The molecule has 2 atom stereocenters. The summed E-state index contributed by atoms with van der Waals surface area (Å²) >= 11 is 23.7. The van der Waals surface area contributed by atoms with Gasteiger partial charge in [-0.3, -0.25) is 38.6 Å². The van der Waals surface area contributed by atoms with Gasteiger partial charge in [0.2, 0.25) is 11.8 Å². The lowest BCUT2D eigenvalue weighted by Gasteiger charge is -2.38. The first-order chi connectivity index (χ1) is 28.7. The van der Waals surface area contributed by atoms with Gasteiger partial charge in [0.15, 0.2) is 24.8 Å². The third-order valence-electron chi connectivity index (χ3n) is 10.4. The van der Waals surface area contributed by atoms with E-state index in [0.29, 0.717) is 26.2 Å². The summed E-state index contributed by atoms with van der Waals surface area (Å²) in [5, 5.41) is 0.930. The summed E-state index contributed by atoms with van der Waals surface area (Å²) < 4.78 is 10.3. The molecule has 3 aliphatic rings. The van der Waals surface area contributed by atoms with Crippen molar-refractivity contribution in [1.82, 2.24) is 9.80 Å². The van der Waals surface area contributed by atoms with Gasteiger partial charge in [-0.1, -0.05) is 46.4 Å². The lowest BCUT2D eigenvalue weighted by atomic mass is 10.1. The van der Waals surface area contributed by atoms with E-state index in [9.17, 15) is 38.4 Å². The highest BCUT2D eigenvalue weighted by Crippen LogP contribution is 2.31. The molecule has 14 nitrogen and oxygen atoms in total. The monoisotopic (exact) mass is 892 g/mol. The largest absolute Gasteiger partial charge is 0.454 e. The lowest BCUT2D eigenvalue weighted by Crippen LogP contribution is -2.56. The minimum atomic E-state index is -0.778. The molecule has 2 unspecified atom stereocenters. The van der Waals surface area contributed by atoms with Gasteiger partial charge in [-0.15, -0.1) is 0 Å². The van der Waals surface area contributed by atoms with E-state index in [-0.39, 0.29) is 66.6 Å². The first kappa shape index (κ1) is 42.6. The molecule has 7 rings (SSSR count). The fourth-order valence-corrected chi connectivity index (χ4v) is 7.73. The number of anilines is 2. The maximum Gasteiger partial charge on any atom is 0.338 e. The lowest BCUT2D eigenvalue weighted by molar-refractivity contribution is -0.126. The van der Waals surface area contributed by atoms with Crippen LogP contribution < -0.4 is 9.80 Å². The molecule has 4 amide bonds. The fourth-order valence-electron chi connectivity index (χ4n) is 7.13. The van der Waals surface area contributed by atoms with Gasteiger partial charge in [-0.2, -0.15) is 0 Å². The summed E-state index contributed by atoms with van der Waals surface area (Å²) in [5.41, 5.74) is 1.20. The average molecular weight is 895 g/mol. The molecule has 0 spiro atoms. The van der Waals surface area contributed by atoms with E-state index in [4.69, 9.17) is 55.9 Å². The van der Waals surface area contributed by atoms with Crippen molar-refractivity contribution in [2.24, 2.45) is 0 Å². The third kappa shape index (κ3) is 8.99. The number of piperazine rings is 1. The Morgan fingerprint density at radius 3 is 1.15 bits per heavy atom. The molecule has 0 saturated carbocycles. The van der Waals surface area contributed by atoms with Crippen molar-refractivity contribution in [3.05, 3.63) is 127 Å². The van der Waals surface area contributed by atoms with Crippen molar-refractivity contribution in [1.29, 1.82) is 0 Å². The van der Waals surface area contributed by atoms with Gasteiger partial charge >= 0.3 is 11.9 Å². The van der Waals surface area contributed by atoms with Gasteiger partial charge in [-0.05, 0) is 84.9 Å². The Balaban J connectivity index is 0.891. The van der Waals surface area contributed by atoms with Crippen LogP contribution in [0.15, 0.2) is 84.9 Å². The smallest absolute Gasteiger partial charge is 0.338 e. The molecule has 0 aromatic heterocycles. The summed E-state index contributed by atoms with van der Waals surface area (Å²) in [5.74, 6) is -4.22. The normalized spacial score (nSPS) is 18.6. The summed E-state index contributed by atoms with van der Waals surface area (Å²) in [6, 6.07) is 18.5. The summed E-state index contributed by atoms with van der Waals surface area (Å²) in [7, 11) is 0. The number of amides is 4. The van der Waals surface area contributed by atoms with E-state index in [0.717, 1.165) is 9.80 Å². The van der Waals surface area contributed by atoms with E-state index in [2.05, 4.69) is 0 Å². The number of carbonyl (C=O) groups excluding carboxylic acids is 8. The maximum atomic E-state index is 13.6. The molecule has 18 heteroatoms. The van der Waals surface area contributed by atoms with Crippen molar-refractivity contribution in [2.75, 3.05) is 49.2 Å². The summed E-state index contributed by atoms with van der Waals surface area (Å²) in [6.45, 7) is 0.336. The van der Waals surface area contributed by atoms with Crippen LogP contribution in [0.4, 0.5) is 11.4 Å². The Hall–Kier alpha value is -5.48. The Bertz CT molecular complexity index is 2270. The minimum absolute atomic E-state index is 0.0643. The number of carbonyl (C=O) groups is 8. The predicted molar refractivity (Wildman–Crippen MR) is 220 cm³/mol. The van der Waals surface area contributed by atoms with Crippen molar-refractivity contribution < 1.29 is 47.8 Å². The highest BCUT2D eigenvalue weighted by atomic mass is 35.5. The molecule has 3 fully saturated rings.